The van der Waals surface area contributed by atoms with Gasteiger partial charge in [0, 0.05) is 25.4 Å². The van der Waals surface area contributed by atoms with E-state index in [0.29, 0.717) is 5.52 Å². The summed E-state index contributed by atoms with van der Waals surface area (Å²) in [4.78, 5) is 0.0418. The summed E-state index contributed by atoms with van der Waals surface area (Å²) >= 11 is 0. The van der Waals surface area contributed by atoms with Gasteiger partial charge in [-0.05, 0) is 22.4 Å². The van der Waals surface area contributed by atoms with Gasteiger partial charge in [-0.3, -0.25) is 4.68 Å². The number of benzene rings is 1. The molecule has 0 bridgehead atoms. The third kappa shape index (κ3) is 2.28. The first-order valence-corrected chi connectivity index (χ1v) is 7.23. The zero-order chi connectivity index (χ0) is 14.2. The van der Waals surface area contributed by atoms with E-state index in [9.17, 15) is 8.42 Å². The first kappa shape index (κ1) is 12.8. The Hall–Kier alpha value is -2.26. The Kier molecular flexibility index (Phi) is 2.99. The Bertz CT molecular complexity index is 852. The Balaban J connectivity index is 1.90. The van der Waals surface area contributed by atoms with Crippen LogP contribution in [0.4, 0.5) is 0 Å². The van der Waals surface area contributed by atoms with E-state index in [1.807, 2.05) is 0 Å². The molecule has 0 atom stereocenters. The number of nitrogens with one attached hydrogen (secondary N) is 1. The number of hydrogen-bond acceptors (Lipinski definition) is 6. The van der Waals surface area contributed by atoms with Crippen LogP contribution in [0.1, 0.15) is 5.56 Å². The highest BCUT2D eigenvalue weighted by atomic mass is 32.2. The molecule has 3 rings (SSSR count). The Labute approximate surface area is 114 Å². The standard InChI is InChI=1S/C11H11N5O3S/c1-16-7-8(5-12-16)6-13-20(17,18)10-4-2-3-9-11(10)15-19-14-9/h2-5,7,13H,6H2,1H3. The molecule has 1 N–H and O–H groups in total. The molecule has 0 unspecified atom stereocenters. The molecule has 2 heterocycles. The van der Waals surface area contributed by atoms with Gasteiger partial charge >= 0.3 is 0 Å². The van der Waals surface area contributed by atoms with E-state index in [-0.39, 0.29) is 17.0 Å². The van der Waals surface area contributed by atoms with Gasteiger partial charge < -0.3 is 0 Å². The van der Waals surface area contributed by atoms with Gasteiger partial charge in [-0.2, -0.15) is 5.10 Å². The molecule has 2 aromatic heterocycles. The van der Waals surface area contributed by atoms with Gasteiger partial charge in [0.2, 0.25) is 10.0 Å². The van der Waals surface area contributed by atoms with Crippen molar-refractivity contribution in [2.24, 2.45) is 7.05 Å². The molecule has 20 heavy (non-hydrogen) atoms. The van der Waals surface area contributed by atoms with E-state index in [1.54, 1.807) is 36.3 Å². The lowest BCUT2D eigenvalue weighted by atomic mass is 10.3. The molecule has 0 spiro atoms. The number of nitrogens with zero attached hydrogens (tertiary/aromatic N) is 4. The molecule has 9 heteroatoms. The minimum absolute atomic E-state index is 0.0418. The minimum atomic E-state index is -3.70. The average Bonchev–Trinajstić information content (AvgIpc) is 3.04. The second-order valence-electron chi connectivity index (χ2n) is 4.23. The number of hydrogen-bond donors (Lipinski definition) is 1. The molecule has 1 aromatic carbocycles. The monoisotopic (exact) mass is 293 g/mol. The van der Waals surface area contributed by atoms with Crippen LogP contribution in [0, 0.1) is 0 Å². The molecular weight excluding hydrogens is 282 g/mol. The summed E-state index contributed by atoms with van der Waals surface area (Å²) in [6.45, 7) is 0.151. The number of sulfonamides is 1. The van der Waals surface area contributed by atoms with Gasteiger partial charge in [-0.25, -0.2) is 17.8 Å². The SMILES string of the molecule is Cn1cc(CNS(=O)(=O)c2cccc3nonc23)cn1. The summed E-state index contributed by atoms with van der Waals surface area (Å²) in [6, 6.07) is 4.68. The molecule has 104 valence electrons. The first-order valence-electron chi connectivity index (χ1n) is 5.75. The van der Waals surface area contributed by atoms with E-state index in [1.165, 1.54) is 6.07 Å². The van der Waals surface area contributed by atoms with E-state index in [2.05, 4.69) is 24.8 Å². The van der Waals surface area contributed by atoms with Crippen LogP contribution >= 0.6 is 0 Å². The molecule has 0 saturated carbocycles. The lowest BCUT2D eigenvalue weighted by Gasteiger charge is -2.05. The average molecular weight is 293 g/mol. The maximum absolute atomic E-state index is 12.3. The lowest BCUT2D eigenvalue weighted by Crippen LogP contribution is -2.23. The highest BCUT2D eigenvalue weighted by Crippen LogP contribution is 2.19. The van der Waals surface area contributed by atoms with Crippen molar-refractivity contribution in [3.05, 3.63) is 36.2 Å². The second kappa shape index (κ2) is 4.69. The fourth-order valence-electron chi connectivity index (χ4n) is 1.82. The van der Waals surface area contributed by atoms with Crippen molar-refractivity contribution in [2.75, 3.05) is 0 Å². The smallest absolute Gasteiger partial charge is 0.243 e. The van der Waals surface area contributed by atoms with Crippen molar-refractivity contribution in [2.45, 2.75) is 11.4 Å². The predicted molar refractivity (Wildman–Crippen MR) is 69.0 cm³/mol. The summed E-state index contributed by atoms with van der Waals surface area (Å²) in [5.74, 6) is 0. The topological polar surface area (TPSA) is 103 Å². The molecule has 0 radical (unpaired) electrons. The van der Waals surface area contributed by atoms with Crippen molar-refractivity contribution < 1.29 is 13.0 Å². The third-order valence-electron chi connectivity index (χ3n) is 2.76. The summed E-state index contributed by atoms with van der Waals surface area (Å²) in [5, 5.41) is 11.2. The van der Waals surface area contributed by atoms with Gasteiger partial charge in [-0.15, -0.1) is 0 Å². The van der Waals surface area contributed by atoms with E-state index < -0.39 is 10.0 Å². The molecule has 0 fully saturated rings. The van der Waals surface area contributed by atoms with Gasteiger partial charge in [0.25, 0.3) is 0 Å². The van der Waals surface area contributed by atoms with Crippen molar-refractivity contribution >= 4 is 21.1 Å². The van der Waals surface area contributed by atoms with E-state index >= 15 is 0 Å². The molecule has 8 nitrogen and oxygen atoms in total. The van der Waals surface area contributed by atoms with Crippen molar-refractivity contribution in [3.63, 3.8) is 0 Å². The van der Waals surface area contributed by atoms with Crippen LogP contribution in [0.25, 0.3) is 11.0 Å². The van der Waals surface area contributed by atoms with Crippen LogP contribution in [-0.4, -0.2) is 28.5 Å². The zero-order valence-corrected chi connectivity index (χ0v) is 11.3. The number of aromatic nitrogens is 4. The largest absolute Gasteiger partial charge is 0.275 e. The van der Waals surface area contributed by atoms with Gasteiger partial charge in [-0.1, -0.05) is 6.07 Å². The van der Waals surface area contributed by atoms with Crippen LogP contribution in [0.2, 0.25) is 0 Å². The van der Waals surface area contributed by atoms with Crippen LogP contribution in [-0.2, 0) is 23.6 Å². The number of aryl methyl sites for hydroxylation is 1. The predicted octanol–water partition coefficient (Wildman–Crippen LogP) is 0.435. The van der Waals surface area contributed by atoms with Crippen LogP contribution in [0.5, 0.6) is 0 Å². The number of rotatable bonds is 4. The third-order valence-corrected chi connectivity index (χ3v) is 4.20. The fourth-order valence-corrected chi connectivity index (χ4v) is 2.98. The highest BCUT2D eigenvalue weighted by Gasteiger charge is 2.20. The highest BCUT2D eigenvalue weighted by molar-refractivity contribution is 7.89. The zero-order valence-electron chi connectivity index (χ0n) is 10.5. The quantitative estimate of drug-likeness (QED) is 0.748. The minimum Gasteiger partial charge on any atom is -0.275 e. The fraction of sp³-hybridized carbons (Fsp3) is 0.182. The van der Waals surface area contributed by atoms with Gasteiger partial charge in [0.05, 0.1) is 6.20 Å². The Morgan fingerprint density at radius 2 is 2.20 bits per heavy atom. The first-order chi connectivity index (χ1) is 9.56. The van der Waals surface area contributed by atoms with Crippen molar-refractivity contribution in [1.82, 2.24) is 24.8 Å². The Morgan fingerprint density at radius 1 is 1.35 bits per heavy atom. The Morgan fingerprint density at radius 3 is 2.95 bits per heavy atom. The summed E-state index contributed by atoms with van der Waals surface area (Å²) in [7, 11) is -1.93. The molecular formula is C11H11N5O3S. The normalized spacial score (nSPS) is 12.1. The molecule has 0 aliphatic carbocycles. The second-order valence-corrected chi connectivity index (χ2v) is 5.97. The van der Waals surface area contributed by atoms with Crippen molar-refractivity contribution in [3.8, 4) is 0 Å². The van der Waals surface area contributed by atoms with E-state index in [4.69, 9.17) is 0 Å². The number of fused-ring (bicyclic) bond motifs is 1. The van der Waals surface area contributed by atoms with Crippen LogP contribution < -0.4 is 4.72 Å². The molecule has 3 aromatic rings. The van der Waals surface area contributed by atoms with Gasteiger partial charge in [0.15, 0.2) is 5.52 Å². The molecule has 0 aliphatic heterocycles. The van der Waals surface area contributed by atoms with Crippen LogP contribution in [0.3, 0.4) is 0 Å². The van der Waals surface area contributed by atoms with Crippen LogP contribution in [0.15, 0.2) is 40.1 Å². The molecule has 0 amide bonds. The summed E-state index contributed by atoms with van der Waals surface area (Å²) in [6.07, 6.45) is 3.33. The van der Waals surface area contributed by atoms with Gasteiger partial charge in [0.1, 0.15) is 10.4 Å². The van der Waals surface area contributed by atoms with E-state index in [0.717, 1.165) is 5.56 Å². The lowest BCUT2D eigenvalue weighted by molar-refractivity contribution is 0.315. The summed E-state index contributed by atoms with van der Waals surface area (Å²) < 4.78 is 33.2. The van der Waals surface area contributed by atoms with Crippen molar-refractivity contribution in [1.29, 1.82) is 0 Å². The maximum atomic E-state index is 12.3. The summed E-state index contributed by atoms with van der Waals surface area (Å²) in [5.41, 5.74) is 1.38. The molecule has 0 saturated heterocycles. The molecule has 0 aliphatic rings. The maximum Gasteiger partial charge on any atom is 0.243 e.